The number of hydrogen-bond acceptors (Lipinski definition) is 6. The van der Waals surface area contributed by atoms with Crippen molar-refractivity contribution in [2.45, 2.75) is 36.5 Å². The number of hydrogen-bond donors (Lipinski definition) is 0. The molecule has 1 aliphatic heterocycles. The van der Waals surface area contributed by atoms with Crippen molar-refractivity contribution in [2.75, 3.05) is 25.4 Å². The zero-order valence-electron chi connectivity index (χ0n) is 18.7. The van der Waals surface area contributed by atoms with Gasteiger partial charge in [0.2, 0.25) is 0 Å². The predicted octanol–water partition coefficient (Wildman–Crippen LogP) is 5.07. The standard InChI is InChI=1S/C23H25F3N6S.ClH/c1-31-20(19-7-9-27-15-28-19)29-30-21(31)33-12-2-10-32-11-8-22(14-32)13-18(22)16-3-5-17(6-4-16)23(24,25)26;/h3-7,9,15,18H,2,8,10-14H2,1H3;1H/t18-,22-;/m1./s1. The van der Waals surface area contributed by atoms with Crippen molar-refractivity contribution in [3.8, 4) is 11.5 Å². The first-order valence-electron chi connectivity index (χ1n) is 11.0. The molecule has 2 aliphatic rings. The molecular weight excluding hydrogens is 485 g/mol. The summed E-state index contributed by atoms with van der Waals surface area (Å²) in [6, 6.07) is 7.58. The lowest BCUT2D eigenvalue weighted by atomic mass is 9.97. The molecule has 0 bridgehead atoms. The Kier molecular flexibility index (Phi) is 7.21. The molecule has 1 spiro atoms. The van der Waals surface area contributed by atoms with E-state index >= 15 is 0 Å². The number of nitrogens with zero attached hydrogens (tertiary/aromatic N) is 6. The number of rotatable bonds is 7. The van der Waals surface area contributed by atoms with Crippen LogP contribution in [0.2, 0.25) is 0 Å². The van der Waals surface area contributed by atoms with Crippen molar-refractivity contribution in [2.24, 2.45) is 12.5 Å². The van der Waals surface area contributed by atoms with Crippen LogP contribution in [0.5, 0.6) is 0 Å². The third kappa shape index (κ3) is 5.08. The largest absolute Gasteiger partial charge is 0.416 e. The van der Waals surface area contributed by atoms with E-state index in [4.69, 9.17) is 0 Å². The summed E-state index contributed by atoms with van der Waals surface area (Å²) in [6.07, 6.45) is 2.16. The topological polar surface area (TPSA) is 59.7 Å². The first-order valence-corrected chi connectivity index (χ1v) is 12.0. The summed E-state index contributed by atoms with van der Waals surface area (Å²) in [5.41, 5.74) is 1.48. The first kappa shape index (κ1) is 24.9. The zero-order valence-corrected chi connectivity index (χ0v) is 20.3. The molecule has 2 aromatic heterocycles. The van der Waals surface area contributed by atoms with E-state index in [0.717, 1.165) is 66.9 Å². The van der Waals surface area contributed by atoms with E-state index in [1.807, 2.05) is 17.7 Å². The lowest BCUT2D eigenvalue weighted by Crippen LogP contribution is -2.23. The van der Waals surface area contributed by atoms with Crippen molar-refractivity contribution in [3.05, 3.63) is 54.0 Å². The molecule has 34 heavy (non-hydrogen) atoms. The summed E-state index contributed by atoms with van der Waals surface area (Å²) in [5, 5.41) is 9.41. The quantitative estimate of drug-likeness (QED) is 0.326. The highest BCUT2D eigenvalue weighted by Crippen LogP contribution is 2.64. The van der Waals surface area contributed by atoms with Crippen LogP contribution in [0.15, 0.2) is 48.0 Å². The Morgan fingerprint density at radius 3 is 2.65 bits per heavy atom. The molecular formula is C23H26ClF3N6S. The molecule has 1 saturated carbocycles. The SMILES string of the molecule is Cl.Cn1c(SCCCN2CC[C@@]3(C[C@@H]3c3ccc(C(F)(F)F)cc3)C2)nnc1-c1ccncn1. The molecule has 5 rings (SSSR count). The summed E-state index contributed by atoms with van der Waals surface area (Å²) in [5.74, 6) is 2.06. The van der Waals surface area contributed by atoms with Gasteiger partial charge in [0.05, 0.1) is 5.56 Å². The summed E-state index contributed by atoms with van der Waals surface area (Å²) < 4.78 is 40.4. The van der Waals surface area contributed by atoms with Gasteiger partial charge in [0, 0.05) is 25.5 Å². The summed E-state index contributed by atoms with van der Waals surface area (Å²) >= 11 is 1.69. The van der Waals surface area contributed by atoms with Crippen molar-refractivity contribution in [1.29, 1.82) is 0 Å². The van der Waals surface area contributed by atoms with Gasteiger partial charge in [-0.3, -0.25) is 0 Å². The third-order valence-electron chi connectivity index (χ3n) is 6.79. The normalized spacial score (nSPS) is 22.2. The van der Waals surface area contributed by atoms with Gasteiger partial charge in [0.25, 0.3) is 0 Å². The average Bonchev–Trinajstić information content (AvgIpc) is 3.15. The van der Waals surface area contributed by atoms with Crippen molar-refractivity contribution in [1.82, 2.24) is 29.6 Å². The fourth-order valence-corrected chi connectivity index (χ4v) is 5.72. The maximum absolute atomic E-state index is 12.8. The highest BCUT2D eigenvalue weighted by Gasteiger charge is 2.57. The second-order valence-electron chi connectivity index (χ2n) is 8.93. The van der Waals surface area contributed by atoms with E-state index in [9.17, 15) is 13.2 Å². The predicted molar refractivity (Wildman–Crippen MR) is 127 cm³/mol. The first-order chi connectivity index (χ1) is 15.9. The average molecular weight is 511 g/mol. The molecule has 2 fully saturated rings. The summed E-state index contributed by atoms with van der Waals surface area (Å²) in [4.78, 5) is 10.7. The molecule has 0 amide bonds. The van der Waals surface area contributed by atoms with E-state index in [0.29, 0.717) is 5.92 Å². The van der Waals surface area contributed by atoms with Gasteiger partial charge in [0.15, 0.2) is 11.0 Å². The molecule has 3 heterocycles. The molecule has 0 N–H and O–H groups in total. The fourth-order valence-electron chi connectivity index (χ4n) is 4.89. The molecule has 2 atom stereocenters. The van der Waals surface area contributed by atoms with Crippen LogP contribution < -0.4 is 0 Å². The maximum atomic E-state index is 12.8. The summed E-state index contributed by atoms with van der Waals surface area (Å²) in [7, 11) is 1.94. The van der Waals surface area contributed by atoms with Gasteiger partial charge in [-0.25, -0.2) is 9.97 Å². The lowest BCUT2D eigenvalue weighted by Gasteiger charge is -2.16. The third-order valence-corrected chi connectivity index (χ3v) is 7.90. The number of likely N-dealkylation sites (tertiary alicyclic amines) is 1. The molecule has 1 saturated heterocycles. The number of thioether (sulfide) groups is 1. The Morgan fingerprint density at radius 2 is 1.94 bits per heavy atom. The van der Waals surface area contributed by atoms with E-state index < -0.39 is 11.7 Å². The van der Waals surface area contributed by atoms with Crippen LogP contribution in [0.25, 0.3) is 11.5 Å². The van der Waals surface area contributed by atoms with Gasteiger partial charge in [-0.2, -0.15) is 13.2 Å². The zero-order chi connectivity index (χ0) is 23.1. The van der Waals surface area contributed by atoms with Gasteiger partial charge in [0.1, 0.15) is 12.0 Å². The van der Waals surface area contributed by atoms with Crippen LogP contribution in [-0.2, 0) is 13.2 Å². The highest BCUT2D eigenvalue weighted by molar-refractivity contribution is 7.99. The number of benzene rings is 1. The lowest BCUT2D eigenvalue weighted by molar-refractivity contribution is -0.137. The maximum Gasteiger partial charge on any atom is 0.416 e. The molecule has 6 nitrogen and oxygen atoms in total. The van der Waals surface area contributed by atoms with Crippen LogP contribution in [0.4, 0.5) is 13.2 Å². The Balaban J connectivity index is 0.00000274. The second-order valence-corrected chi connectivity index (χ2v) is 9.99. The van der Waals surface area contributed by atoms with E-state index in [2.05, 4.69) is 25.1 Å². The Morgan fingerprint density at radius 1 is 1.15 bits per heavy atom. The monoisotopic (exact) mass is 510 g/mol. The van der Waals surface area contributed by atoms with E-state index in [1.165, 1.54) is 18.5 Å². The highest BCUT2D eigenvalue weighted by atomic mass is 35.5. The summed E-state index contributed by atoms with van der Waals surface area (Å²) in [6.45, 7) is 3.11. The van der Waals surface area contributed by atoms with Crippen LogP contribution >= 0.6 is 24.2 Å². The second kappa shape index (κ2) is 9.83. The van der Waals surface area contributed by atoms with Crippen molar-refractivity contribution in [3.63, 3.8) is 0 Å². The van der Waals surface area contributed by atoms with Gasteiger partial charge in [-0.1, -0.05) is 23.9 Å². The number of halogens is 4. The van der Waals surface area contributed by atoms with Crippen LogP contribution in [0.1, 0.15) is 36.3 Å². The molecule has 3 aromatic rings. The van der Waals surface area contributed by atoms with Crippen LogP contribution in [0.3, 0.4) is 0 Å². The molecule has 182 valence electrons. The molecule has 1 aromatic carbocycles. The molecule has 11 heteroatoms. The minimum atomic E-state index is -4.27. The van der Waals surface area contributed by atoms with Crippen LogP contribution in [-0.4, -0.2) is 55.0 Å². The van der Waals surface area contributed by atoms with Crippen molar-refractivity contribution < 1.29 is 13.2 Å². The minimum absolute atomic E-state index is 0. The smallest absolute Gasteiger partial charge is 0.304 e. The van der Waals surface area contributed by atoms with Crippen LogP contribution in [0, 0.1) is 5.41 Å². The van der Waals surface area contributed by atoms with Gasteiger partial charge < -0.3 is 9.47 Å². The molecule has 0 unspecified atom stereocenters. The number of alkyl halides is 3. The Bertz CT molecular complexity index is 1110. The van der Waals surface area contributed by atoms with Gasteiger partial charge in [-0.15, -0.1) is 22.6 Å². The van der Waals surface area contributed by atoms with Gasteiger partial charge in [-0.05, 0) is 67.4 Å². The van der Waals surface area contributed by atoms with Gasteiger partial charge >= 0.3 is 6.18 Å². The molecule has 0 radical (unpaired) electrons. The van der Waals surface area contributed by atoms with E-state index in [1.54, 1.807) is 30.1 Å². The Labute approximate surface area is 206 Å². The number of aromatic nitrogens is 5. The minimum Gasteiger partial charge on any atom is -0.304 e. The van der Waals surface area contributed by atoms with Crippen molar-refractivity contribution >= 4 is 24.2 Å². The Hall–Kier alpha value is -2.17. The van der Waals surface area contributed by atoms with E-state index in [-0.39, 0.29) is 17.8 Å². The fraction of sp³-hybridized carbons (Fsp3) is 0.478. The molecule has 1 aliphatic carbocycles.